The van der Waals surface area contributed by atoms with Crippen molar-refractivity contribution in [2.24, 2.45) is 0 Å². The summed E-state index contributed by atoms with van der Waals surface area (Å²) in [6.07, 6.45) is 1.69. The number of aromatic nitrogens is 4. The van der Waals surface area contributed by atoms with Crippen molar-refractivity contribution in [3.05, 3.63) is 88.5 Å². The van der Waals surface area contributed by atoms with Crippen LogP contribution in [0.4, 0.5) is 5.69 Å². The Morgan fingerprint density at radius 3 is 2.64 bits per heavy atom. The fraction of sp³-hybridized carbons (Fsp3) is 0.208. The third-order valence-electron chi connectivity index (χ3n) is 5.12. The van der Waals surface area contributed by atoms with Crippen molar-refractivity contribution in [1.29, 1.82) is 0 Å². The molecule has 2 heterocycles. The third kappa shape index (κ3) is 5.35. The number of methoxy groups -OCH3 is 1. The van der Waals surface area contributed by atoms with Crippen LogP contribution in [0.2, 0.25) is 5.02 Å². The Morgan fingerprint density at radius 1 is 1.06 bits per heavy atom. The Balaban J connectivity index is 1.42. The minimum absolute atomic E-state index is 0.157. The molecule has 0 fully saturated rings. The molecule has 0 bridgehead atoms. The van der Waals surface area contributed by atoms with Gasteiger partial charge in [0.2, 0.25) is 0 Å². The number of nitrogens with one attached hydrogen (secondary N) is 1. The first-order valence-electron chi connectivity index (χ1n) is 10.3. The zero-order valence-corrected chi connectivity index (χ0v) is 19.3. The fourth-order valence-corrected chi connectivity index (χ4v) is 3.59. The van der Waals surface area contributed by atoms with Crippen molar-refractivity contribution in [3.8, 4) is 11.5 Å². The maximum atomic E-state index is 12.8. The number of amides is 1. The Bertz CT molecular complexity index is 1280. The lowest BCUT2D eigenvalue weighted by Crippen LogP contribution is -2.15. The molecule has 0 atom stereocenters. The molecule has 2 aromatic heterocycles. The lowest BCUT2D eigenvalue weighted by Gasteiger charge is -2.08. The van der Waals surface area contributed by atoms with Gasteiger partial charge in [-0.1, -0.05) is 29.8 Å². The minimum atomic E-state index is -0.316. The summed E-state index contributed by atoms with van der Waals surface area (Å²) in [6.45, 7) is 4.51. The number of aryl methyl sites for hydroxylation is 1. The molecule has 1 amide bonds. The van der Waals surface area contributed by atoms with E-state index in [0.29, 0.717) is 23.0 Å². The van der Waals surface area contributed by atoms with Crippen LogP contribution in [-0.2, 0) is 13.3 Å². The van der Waals surface area contributed by atoms with Gasteiger partial charge in [0.25, 0.3) is 5.91 Å². The zero-order valence-electron chi connectivity index (χ0n) is 18.6. The molecule has 8 nitrogen and oxygen atoms in total. The van der Waals surface area contributed by atoms with Gasteiger partial charge in [-0.05, 0) is 55.8 Å². The summed E-state index contributed by atoms with van der Waals surface area (Å²) < 4.78 is 14.4. The molecule has 4 aromatic rings. The van der Waals surface area contributed by atoms with E-state index in [2.05, 4.69) is 15.5 Å². The van der Waals surface area contributed by atoms with Crippen molar-refractivity contribution in [2.75, 3.05) is 12.4 Å². The summed E-state index contributed by atoms with van der Waals surface area (Å²) in [6, 6.07) is 16.5. The molecule has 1 N–H and O–H groups in total. The van der Waals surface area contributed by atoms with E-state index < -0.39 is 0 Å². The lowest BCUT2D eigenvalue weighted by molar-refractivity contribution is 0.102. The number of anilines is 1. The highest BCUT2D eigenvalue weighted by atomic mass is 35.5. The second-order valence-electron chi connectivity index (χ2n) is 7.48. The van der Waals surface area contributed by atoms with Crippen LogP contribution in [0.3, 0.4) is 0 Å². The molecule has 9 heteroatoms. The smallest absolute Gasteiger partial charge is 0.276 e. The Morgan fingerprint density at radius 2 is 1.85 bits per heavy atom. The van der Waals surface area contributed by atoms with Crippen LogP contribution in [-0.4, -0.2) is 32.6 Å². The molecule has 0 aliphatic rings. The van der Waals surface area contributed by atoms with Crippen LogP contribution < -0.4 is 14.8 Å². The van der Waals surface area contributed by atoms with Gasteiger partial charge in [0.05, 0.1) is 30.7 Å². The number of rotatable bonds is 8. The zero-order chi connectivity index (χ0) is 23.4. The van der Waals surface area contributed by atoms with E-state index in [4.69, 9.17) is 21.1 Å². The number of carbonyl (C=O) groups excluding carboxylic acids is 1. The van der Waals surface area contributed by atoms with Gasteiger partial charge < -0.3 is 14.8 Å². The highest BCUT2D eigenvalue weighted by Crippen LogP contribution is 2.22. The van der Waals surface area contributed by atoms with E-state index in [1.807, 2.05) is 42.8 Å². The van der Waals surface area contributed by atoms with E-state index in [1.54, 1.807) is 48.3 Å². The van der Waals surface area contributed by atoms with E-state index in [-0.39, 0.29) is 18.3 Å². The second-order valence-corrected chi connectivity index (χ2v) is 7.92. The maximum absolute atomic E-state index is 12.8. The number of nitrogens with zero attached hydrogens (tertiary/aromatic N) is 4. The average molecular weight is 466 g/mol. The number of halogens is 1. The molecule has 0 aliphatic heterocycles. The molecule has 0 aliphatic carbocycles. The first-order chi connectivity index (χ1) is 15.9. The summed E-state index contributed by atoms with van der Waals surface area (Å²) in [4.78, 5) is 12.8. The Labute approximate surface area is 196 Å². The molecule has 2 aromatic carbocycles. The van der Waals surface area contributed by atoms with Gasteiger partial charge in [-0.15, -0.1) is 0 Å². The van der Waals surface area contributed by atoms with E-state index in [0.717, 1.165) is 22.7 Å². The summed E-state index contributed by atoms with van der Waals surface area (Å²) in [5.74, 6) is 1.10. The molecule has 0 saturated heterocycles. The summed E-state index contributed by atoms with van der Waals surface area (Å²) in [5, 5.41) is 12.4. The summed E-state index contributed by atoms with van der Waals surface area (Å²) >= 11 is 5.97. The van der Waals surface area contributed by atoms with Gasteiger partial charge in [0, 0.05) is 11.2 Å². The molecule has 4 rings (SSSR count). The van der Waals surface area contributed by atoms with E-state index in [1.165, 1.54) is 0 Å². The number of ether oxygens (including phenoxy) is 2. The van der Waals surface area contributed by atoms with Gasteiger partial charge in [-0.25, -0.2) is 4.68 Å². The standard InChI is InChI=1S/C24H24ClN5O3/c1-16-23(17(2)30(27-16)14-18-6-4-8-20(12-18)32-3)26-24(31)22-10-11-29(28-22)15-33-21-9-5-7-19(25)13-21/h4-13H,14-15H2,1-3H3,(H,26,31). The monoisotopic (exact) mass is 465 g/mol. The molecule has 0 unspecified atom stereocenters. The largest absolute Gasteiger partial charge is 0.497 e. The predicted octanol–water partition coefficient (Wildman–Crippen LogP) is 4.70. The van der Waals surface area contributed by atoms with Crippen LogP contribution in [0, 0.1) is 13.8 Å². The Hall–Kier alpha value is -3.78. The molecule has 0 saturated carbocycles. The van der Waals surface area contributed by atoms with E-state index in [9.17, 15) is 4.79 Å². The van der Waals surface area contributed by atoms with Crippen LogP contribution in [0.5, 0.6) is 11.5 Å². The van der Waals surface area contributed by atoms with Crippen molar-refractivity contribution in [3.63, 3.8) is 0 Å². The Kier molecular flexibility index (Phi) is 6.65. The first kappa shape index (κ1) is 22.4. The lowest BCUT2D eigenvalue weighted by atomic mass is 10.2. The van der Waals surface area contributed by atoms with Gasteiger partial charge in [0.1, 0.15) is 11.5 Å². The van der Waals surface area contributed by atoms with Crippen molar-refractivity contribution < 1.29 is 14.3 Å². The van der Waals surface area contributed by atoms with Crippen LogP contribution in [0.25, 0.3) is 0 Å². The van der Waals surface area contributed by atoms with Crippen molar-refractivity contribution in [2.45, 2.75) is 27.1 Å². The molecule has 170 valence electrons. The van der Waals surface area contributed by atoms with Crippen LogP contribution in [0.15, 0.2) is 60.8 Å². The van der Waals surface area contributed by atoms with Crippen molar-refractivity contribution in [1.82, 2.24) is 19.6 Å². The predicted molar refractivity (Wildman–Crippen MR) is 126 cm³/mol. The normalized spacial score (nSPS) is 10.8. The minimum Gasteiger partial charge on any atom is -0.497 e. The van der Waals surface area contributed by atoms with E-state index >= 15 is 0 Å². The summed E-state index contributed by atoms with van der Waals surface area (Å²) in [7, 11) is 1.64. The van der Waals surface area contributed by atoms with Gasteiger partial charge in [-0.3, -0.25) is 9.48 Å². The van der Waals surface area contributed by atoms with Gasteiger partial charge in [0.15, 0.2) is 12.4 Å². The second kappa shape index (κ2) is 9.79. The molecule has 0 spiro atoms. The fourth-order valence-electron chi connectivity index (χ4n) is 3.41. The molecular formula is C24H24ClN5O3. The van der Waals surface area contributed by atoms with Crippen LogP contribution in [0.1, 0.15) is 27.4 Å². The average Bonchev–Trinajstić information content (AvgIpc) is 3.38. The quantitative estimate of drug-likeness (QED) is 0.408. The maximum Gasteiger partial charge on any atom is 0.276 e. The van der Waals surface area contributed by atoms with Gasteiger partial charge >= 0.3 is 0 Å². The third-order valence-corrected chi connectivity index (χ3v) is 5.35. The van der Waals surface area contributed by atoms with Gasteiger partial charge in [-0.2, -0.15) is 10.2 Å². The molecule has 33 heavy (non-hydrogen) atoms. The number of hydrogen-bond donors (Lipinski definition) is 1. The molecular weight excluding hydrogens is 442 g/mol. The summed E-state index contributed by atoms with van der Waals surface area (Å²) in [5.41, 5.74) is 3.59. The van der Waals surface area contributed by atoms with Crippen molar-refractivity contribution >= 4 is 23.2 Å². The first-order valence-corrected chi connectivity index (χ1v) is 10.7. The highest BCUT2D eigenvalue weighted by Gasteiger charge is 2.17. The number of benzene rings is 2. The van der Waals surface area contributed by atoms with Crippen LogP contribution >= 0.6 is 11.6 Å². The number of hydrogen-bond acceptors (Lipinski definition) is 5. The SMILES string of the molecule is COc1cccc(Cn2nc(C)c(NC(=O)c3ccn(COc4cccc(Cl)c4)n3)c2C)c1. The highest BCUT2D eigenvalue weighted by molar-refractivity contribution is 6.30. The topological polar surface area (TPSA) is 83.2 Å². The number of carbonyl (C=O) groups is 1. The molecule has 0 radical (unpaired) electrons.